The standard InChI is InChI=1S/C13H22N4O2S/c1-16(9-10-20(2,18)19)12-5-4-8-17(11-12)13-6-3-7-14-15-13/h3,6-7,12H,4-5,8-11H2,1-2H3/t12-/m0/s1. The molecule has 0 aliphatic carbocycles. The van der Waals surface area contributed by atoms with E-state index in [0.29, 0.717) is 12.6 Å². The first-order valence-electron chi connectivity index (χ1n) is 6.86. The average molecular weight is 298 g/mol. The van der Waals surface area contributed by atoms with Crippen LogP contribution in [0.5, 0.6) is 0 Å². The van der Waals surface area contributed by atoms with Crippen molar-refractivity contribution in [2.75, 3.05) is 43.6 Å². The Balaban J connectivity index is 1.93. The minimum atomic E-state index is -2.90. The predicted molar refractivity (Wildman–Crippen MR) is 79.6 cm³/mol. The molecule has 0 radical (unpaired) electrons. The van der Waals surface area contributed by atoms with Crippen molar-refractivity contribution in [3.8, 4) is 0 Å². The Morgan fingerprint density at radius 1 is 1.50 bits per heavy atom. The quantitative estimate of drug-likeness (QED) is 0.785. The molecule has 112 valence electrons. The first-order valence-corrected chi connectivity index (χ1v) is 8.92. The zero-order valence-electron chi connectivity index (χ0n) is 12.1. The molecule has 1 aromatic heterocycles. The van der Waals surface area contributed by atoms with Crippen LogP contribution in [0, 0.1) is 0 Å². The van der Waals surface area contributed by atoms with Crippen LogP contribution in [-0.2, 0) is 9.84 Å². The van der Waals surface area contributed by atoms with E-state index in [4.69, 9.17) is 0 Å². The molecule has 2 rings (SSSR count). The van der Waals surface area contributed by atoms with E-state index < -0.39 is 9.84 Å². The fraction of sp³-hybridized carbons (Fsp3) is 0.692. The zero-order valence-corrected chi connectivity index (χ0v) is 12.9. The summed E-state index contributed by atoms with van der Waals surface area (Å²) in [6.07, 6.45) is 5.14. The van der Waals surface area contributed by atoms with Crippen molar-refractivity contribution in [2.45, 2.75) is 18.9 Å². The van der Waals surface area contributed by atoms with Gasteiger partial charge in [-0.3, -0.25) is 0 Å². The van der Waals surface area contributed by atoms with Crippen LogP contribution >= 0.6 is 0 Å². The van der Waals surface area contributed by atoms with Crippen LogP contribution in [0.25, 0.3) is 0 Å². The van der Waals surface area contributed by atoms with Crippen molar-refractivity contribution in [1.82, 2.24) is 15.1 Å². The van der Waals surface area contributed by atoms with Gasteiger partial charge in [-0.05, 0) is 32.0 Å². The highest BCUT2D eigenvalue weighted by Crippen LogP contribution is 2.19. The van der Waals surface area contributed by atoms with Gasteiger partial charge in [0.15, 0.2) is 5.82 Å². The minimum Gasteiger partial charge on any atom is -0.354 e. The molecule has 0 aromatic carbocycles. The molecule has 0 N–H and O–H groups in total. The summed E-state index contributed by atoms with van der Waals surface area (Å²) in [5.74, 6) is 1.11. The molecule has 6 nitrogen and oxygen atoms in total. The van der Waals surface area contributed by atoms with Crippen LogP contribution < -0.4 is 4.90 Å². The third-order valence-electron chi connectivity index (χ3n) is 3.72. The SMILES string of the molecule is CN(CCS(C)(=O)=O)[C@H]1CCCN(c2cccnn2)C1. The maximum atomic E-state index is 11.2. The highest BCUT2D eigenvalue weighted by molar-refractivity contribution is 7.90. The summed E-state index contributed by atoms with van der Waals surface area (Å²) in [6.45, 7) is 2.44. The van der Waals surface area contributed by atoms with E-state index >= 15 is 0 Å². The summed E-state index contributed by atoms with van der Waals surface area (Å²) in [5, 5.41) is 8.06. The van der Waals surface area contributed by atoms with Gasteiger partial charge >= 0.3 is 0 Å². The summed E-state index contributed by atoms with van der Waals surface area (Å²) in [7, 11) is -0.905. The number of anilines is 1. The Kier molecular flexibility index (Phi) is 4.93. The fourth-order valence-electron chi connectivity index (χ4n) is 2.48. The van der Waals surface area contributed by atoms with Crippen molar-refractivity contribution in [2.24, 2.45) is 0 Å². The van der Waals surface area contributed by atoms with E-state index in [-0.39, 0.29) is 5.75 Å². The summed E-state index contributed by atoms with van der Waals surface area (Å²) in [6, 6.07) is 4.22. The van der Waals surface area contributed by atoms with Crippen LogP contribution in [-0.4, -0.2) is 68.2 Å². The molecule has 1 aliphatic rings. The lowest BCUT2D eigenvalue weighted by Gasteiger charge is -2.38. The number of piperidine rings is 1. The molecule has 0 saturated carbocycles. The maximum absolute atomic E-state index is 11.2. The highest BCUT2D eigenvalue weighted by Gasteiger charge is 2.24. The van der Waals surface area contributed by atoms with E-state index in [1.807, 2.05) is 19.2 Å². The molecule has 1 aliphatic heterocycles. The van der Waals surface area contributed by atoms with Crippen LogP contribution in [0.4, 0.5) is 5.82 Å². The highest BCUT2D eigenvalue weighted by atomic mass is 32.2. The van der Waals surface area contributed by atoms with Gasteiger partial charge in [0.2, 0.25) is 0 Å². The fourth-order valence-corrected chi connectivity index (χ4v) is 3.10. The van der Waals surface area contributed by atoms with Gasteiger partial charge in [-0.15, -0.1) is 5.10 Å². The molecular formula is C13H22N4O2S. The predicted octanol–water partition coefficient (Wildman–Crippen LogP) is 0.422. The van der Waals surface area contributed by atoms with Crippen LogP contribution in [0.1, 0.15) is 12.8 Å². The smallest absolute Gasteiger partial charge is 0.151 e. The number of rotatable bonds is 5. The van der Waals surface area contributed by atoms with E-state index in [2.05, 4.69) is 20.0 Å². The number of aromatic nitrogens is 2. The Morgan fingerprint density at radius 2 is 2.30 bits per heavy atom. The maximum Gasteiger partial charge on any atom is 0.151 e. The van der Waals surface area contributed by atoms with Gasteiger partial charge < -0.3 is 9.80 Å². The third-order valence-corrected chi connectivity index (χ3v) is 4.64. The molecule has 0 amide bonds. The normalized spacial score (nSPS) is 20.4. The first kappa shape index (κ1) is 15.2. The Hall–Kier alpha value is -1.21. The van der Waals surface area contributed by atoms with Crippen molar-refractivity contribution < 1.29 is 8.42 Å². The molecule has 0 spiro atoms. The van der Waals surface area contributed by atoms with Crippen molar-refractivity contribution in [1.29, 1.82) is 0 Å². The van der Waals surface area contributed by atoms with Gasteiger partial charge in [-0.1, -0.05) is 0 Å². The summed E-state index contributed by atoms with van der Waals surface area (Å²) < 4.78 is 22.5. The van der Waals surface area contributed by atoms with Crippen molar-refractivity contribution >= 4 is 15.7 Å². The van der Waals surface area contributed by atoms with Crippen LogP contribution in [0.2, 0.25) is 0 Å². The van der Waals surface area contributed by atoms with E-state index in [1.54, 1.807) is 6.20 Å². The molecule has 20 heavy (non-hydrogen) atoms. The molecule has 7 heteroatoms. The Morgan fingerprint density at radius 3 is 2.95 bits per heavy atom. The number of sulfone groups is 1. The molecule has 0 unspecified atom stereocenters. The average Bonchev–Trinajstić information content (AvgIpc) is 2.45. The number of hydrogen-bond acceptors (Lipinski definition) is 6. The van der Waals surface area contributed by atoms with Crippen LogP contribution in [0.15, 0.2) is 18.3 Å². The second-order valence-corrected chi connectivity index (χ2v) is 7.69. The van der Waals surface area contributed by atoms with Gasteiger partial charge in [0.1, 0.15) is 9.84 Å². The Bertz CT molecular complexity index is 520. The van der Waals surface area contributed by atoms with Gasteiger partial charge in [-0.25, -0.2) is 8.42 Å². The third kappa shape index (κ3) is 4.42. The lowest BCUT2D eigenvalue weighted by molar-refractivity contribution is 0.226. The van der Waals surface area contributed by atoms with E-state index in [9.17, 15) is 8.42 Å². The molecule has 0 bridgehead atoms. The minimum absolute atomic E-state index is 0.213. The first-order chi connectivity index (χ1) is 9.46. The largest absolute Gasteiger partial charge is 0.354 e. The van der Waals surface area contributed by atoms with Gasteiger partial charge in [0.25, 0.3) is 0 Å². The molecule has 1 aromatic rings. The lowest BCUT2D eigenvalue weighted by atomic mass is 10.0. The molecular weight excluding hydrogens is 276 g/mol. The molecule has 1 atom stereocenters. The number of likely N-dealkylation sites (N-methyl/N-ethyl adjacent to an activating group) is 1. The van der Waals surface area contributed by atoms with Crippen molar-refractivity contribution in [3.63, 3.8) is 0 Å². The second-order valence-electron chi connectivity index (χ2n) is 5.43. The van der Waals surface area contributed by atoms with Gasteiger partial charge in [-0.2, -0.15) is 5.10 Å². The second kappa shape index (κ2) is 6.49. The Labute approximate surface area is 120 Å². The van der Waals surface area contributed by atoms with E-state index in [0.717, 1.165) is 31.7 Å². The van der Waals surface area contributed by atoms with E-state index in [1.165, 1.54) is 6.26 Å². The number of hydrogen-bond donors (Lipinski definition) is 0. The van der Waals surface area contributed by atoms with Crippen LogP contribution in [0.3, 0.4) is 0 Å². The molecule has 1 saturated heterocycles. The van der Waals surface area contributed by atoms with Crippen molar-refractivity contribution in [3.05, 3.63) is 18.3 Å². The van der Waals surface area contributed by atoms with Gasteiger partial charge in [0.05, 0.1) is 5.75 Å². The lowest BCUT2D eigenvalue weighted by Crippen LogP contribution is -2.47. The molecule has 1 fully saturated rings. The summed E-state index contributed by atoms with van der Waals surface area (Å²) in [5.41, 5.74) is 0. The number of nitrogens with zero attached hydrogens (tertiary/aromatic N) is 4. The topological polar surface area (TPSA) is 66.4 Å². The summed E-state index contributed by atoms with van der Waals surface area (Å²) >= 11 is 0. The van der Waals surface area contributed by atoms with Gasteiger partial charge in [0, 0.05) is 38.1 Å². The zero-order chi connectivity index (χ0) is 14.6. The summed E-state index contributed by atoms with van der Waals surface area (Å²) in [4.78, 5) is 4.36. The molecule has 2 heterocycles. The monoisotopic (exact) mass is 298 g/mol.